The lowest BCUT2D eigenvalue weighted by atomic mass is 10.5. The van der Waals surface area contributed by atoms with Crippen LogP contribution in [-0.4, -0.2) is 4.98 Å². The normalized spacial score (nSPS) is 9.67. The average molecular weight is 363 g/mol. The van der Waals surface area contributed by atoms with Crippen molar-refractivity contribution in [1.82, 2.24) is 4.98 Å². The summed E-state index contributed by atoms with van der Waals surface area (Å²) < 4.78 is 2.86. The van der Waals surface area contributed by atoms with E-state index in [-0.39, 0.29) is 0 Å². The third-order valence-corrected chi connectivity index (χ3v) is 3.43. The summed E-state index contributed by atoms with van der Waals surface area (Å²) in [7, 11) is 0. The van der Waals surface area contributed by atoms with Gasteiger partial charge in [0.1, 0.15) is 9.21 Å². The fourth-order valence-electron chi connectivity index (χ4n) is 0.395. The van der Waals surface area contributed by atoms with Crippen molar-refractivity contribution in [2.45, 2.75) is 0 Å². The standard InChI is InChI=1S/C5H2Br2IN/c6-4-2-1-3(8)5(7)9-4/h1-2H. The largest absolute Gasteiger partial charge is 0.233 e. The summed E-state index contributed by atoms with van der Waals surface area (Å²) in [5.74, 6) is 0. The molecule has 1 aromatic heterocycles. The van der Waals surface area contributed by atoms with Crippen LogP contribution in [0.4, 0.5) is 0 Å². The van der Waals surface area contributed by atoms with E-state index in [0.29, 0.717) is 0 Å². The zero-order valence-electron chi connectivity index (χ0n) is 4.24. The topological polar surface area (TPSA) is 12.9 Å². The minimum atomic E-state index is 0.856. The molecule has 0 radical (unpaired) electrons. The highest BCUT2D eigenvalue weighted by Crippen LogP contribution is 2.18. The molecule has 1 rings (SSSR count). The van der Waals surface area contributed by atoms with Crippen molar-refractivity contribution in [3.8, 4) is 0 Å². The van der Waals surface area contributed by atoms with Gasteiger partial charge in [-0.25, -0.2) is 4.98 Å². The van der Waals surface area contributed by atoms with Crippen LogP contribution in [0.3, 0.4) is 0 Å². The van der Waals surface area contributed by atoms with Gasteiger partial charge in [0.25, 0.3) is 0 Å². The molecule has 0 saturated heterocycles. The molecule has 0 spiro atoms. The van der Waals surface area contributed by atoms with Gasteiger partial charge in [0, 0.05) is 3.57 Å². The predicted molar refractivity (Wildman–Crippen MR) is 52.4 cm³/mol. The SMILES string of the molecule is Brc1ccc(I)c(Br)n1. The van der Waals surface area contributed by atoms with Gasteiger partial charge in [-0.05, 0) is 66.6 Å². The number of pyridine rings is 1. The Labute approximate surface area is 83.6 Å². The van der Waals surface area contributed by atoms with Crippen LogP contribution in [0.5, 0.6) is 0 Å². The summed E-state index contributed by atoms with van der Waals surface area (Å²) in [5, 5.41) is 0. The lowest BCUT2D eigenvalue weighted by Gasteiger charge is -1.92. The van der Waals surface area contributed by atoms with E-state index in [1.807, 2.05) is 12.1 Å². The maximum absolute atomic E-state index is 4.10. The first-order chi connectivity index (χ1) is 4.20. The number of halogens is 3. The van der Waals surface area contributed by atoms with E-state index >= 15 is 0 Å². The minimum Gasteiger partial charge on any atom is -0.233 e. The Morgan fingerprint density at radius 3 is 2.44 bits per heavy atom. The van der Waals surface area contributed by atoms with E-state index in [1.165, 1.54) is 0 Å². The number of nitrogens with zero attached hydrogens (tertiary/aromatic N) is 1. The molecule has 0 saturated carbocycles. The second-order valence-electron chi connectivity index (χ2n) is 1.41. The van der Waals surface area contributed by atoms with E-state index in [9.17, 15) is 0 Å². The van der Waals surface area contributed by atoms with Gasteiger partial charge >= 0.3 is 0 Å². The van der Waals surface area contributed by atoms with Crippen LogP contribution in [-0.2, 0) is 0 Å². The molecule has 0 N–H and O–H groups in total. The maximum Gasteiger partial charge on any atom is 0.120 e. The summed E-state index contributed by atoms with van der Waals surface area (Å²) in [4.78, 5) is 4.10. The van der Waals surface area contributed by atoms with Crippen LogP contribution in [0.2, 0.25) is 0 Å². The molecule has 0 atom stereocenters. The average Bonchev–Trinajstić information content (AvgIpc) is 1.80. The number of hydrogen-bond donors (Lipinski definition) is 0. The van der Waals surface area contributed by atoms with Gasteiger partial charge in [-0.2, -0.15) is 0 Å². The predicted octanol–water partition coefficient (Wildman–Crippen LogP) is 3.21. The van der Waals surface area contributed by atoms with Gasteiger partial charge in [-0.15, -0.1) is 0 Å². The zero-order valence-corrected chi connectivity index (χ0v) is 9.57. The first-order valence-electron chi connectivity index (χ1n) is 2.17. The Balaban J connectivity index is 3.17. The Hall–Kier alpha value is 0.840. The third-order valence-electron chi connectivity index (χ3n) is 0.769. The second kappa shape index (κ2) is 3.30. The van der Waals surface area contributed by atoms with Gasteiger partial charge < -0.3 is 0 Å². The smallest absolute Gasteiger partial charge is 0.120 e. The summed E-state index contributed by atoms with van der Waals surface area (Å²) in [6.07, 6.45) is 0. The molecule has 0 aliphatic carbocycles. The second-order valence-corrected chi connectivity index (χ2v) is 4.13. The third kappa shape index (κ3) is 2.16. The fourth-order valence-corrected chi connectivity index (χ4v) is 1.57. The summed E-state index contributed by atoms with van der Waals surface area (Å²) in [6, 6.07) is 3.90. The van der Waals surface area contributed by atoms with Gasteiger partial charge in [0.2, 0.25) is 0 Å². The van der Waals surface area contributed by atoms with Crippen LogP contribution < -0.4 is 0 Å². The maximum atomic E-state index is 4.10. The molecular weight excluding hydrogens is 361 g/mol. The van der Waals surface area contributed by atoms with Crippen molar-refractivity contribution in [1.29, 1.82) is 0 Å². The van der Waals surface area contributed by atoms with Gasteiger partial charge in [0.15, 0.2) is 0 Å². The fraction of sp³-hybridized carbons (Fsp3) is 0. The molecule has 4 heteroatoms. The molecule has 0 fully saturated rings. The quantitative estimate of drug-likeness (QED) is 0.510. The molecule has 0 amide bonds. The van der Waals surface area contributed by atoms with Crippen LogP contribution in [0.1, 0.15) is 0 Å². The van der Waals surface area contributed by atoms with Gasteiger partial charge in [0.05, 0.1) is 0 Å². The van der Waals surface area contributed by atoms with Gasteiger partial charge in [-0.1, -0.05) is 0 Å². The van der Waals surface area contributed by atoms with Crippen LogP contribution >= 0.6 is 54.5 Å². The van der Waals surface area contributed by atoms with E-state index in [2.05, 4.69) is 59.4 Å². The monoisotopic (exact) mass is 361 g/mol. The molecule has 1 nitrogen and oxygen atoms in total. The van der Waals surface area contributed by atoms with Gasteiger partial charge in [-0.3, -0.25) is 0 Å². The number of rotatable bonds is 0. The van der Waals surface area contributed by atoms with Crippen molar-refractivity contribution >= 4 is 54.5 Å². The van der Waals surface area contributed by atoms with Crippen molar-refractivity contribution in [3.05, 3.63) is 24.9 Å². The molecule has 48 valence electrons. The summed E-state index contributed by atoms with van der Waals surface area (Å²) in [5.41, 5.74) is 0. The molecule has 0 aromatic carbocycles. The van der Waals surface area contributed by atoms with E-state index < -0.39 is 0 Å². The van der Waals surface area contributed by atoms with E-state index in [4.69, 9.17) is 0 Å². The first-order valence-corrected chi connectivity index (χ1v) is 4.84. The van der Waals surface area contributed by atoms with Crippen LogP contribution in [0.25, 0.3) is 0 Å². The molecular formula is C5H2Br2IN. The highest BCUT2D eigenvalue weighted by Gasteiger charge is 1.95. The summed E-state index contributed by atoms with van der Waals surface area (Å²) in [6.45, 7) is 0. The summed E-state index contributed by atoms with van der Waals surface area (Å²) >= 11 is 8.76. The zero-order chi connectivity index (χ0) is 6.85. The molecule has 1 heterocycles. The van der Waals surface area contributed by atoms with Crippen LogP contribution in [0.15, 0.2) is 21.3 Å². The van der Waals surface area contributed by atoms with Crippen molar-refractivity contribution < 1.29 is 0 Å². The first kappa shape index (κ1) is 7.94. The Morgan fingerprint density at radius 1 is 1.33 bits per heavy atom. The van der Waals surface area contributed by atoms with Crippen LogP contribution in [0, 0.1) is 3.57 Å². The van der Waals surface area contributed by atoms with E-state index in [1.54, 1.807) is 0 Å². The van der Waals surface area contributed by atoms with Crippen molar-refractivity contribution in [2.75, 3.05) is 0 Å². The molecule has 9 heavy (non-hydrogen) atoms. The Morgan fingerprint density at radius 2 is 2.00 bits per heavy atom. The molecule has 0 aliphatic heterocycles. The molecule has 0 aliphatic rings. The highest BCUT2D eigenvalue weighted by molar-refractivity contribution is 14.1. The Kier molecular flexibility index (Phi) is 2.91. The molecule has 0 bridgehead atoms. The lowest BCUT2D eigenvalue weighted by Crippen LogP contribution is -1.79. The lowest BCUT2D eigenvalue weighted by molar-refractivity contribution is 1.21. The van der Waals surface area contributed by atoms with E-state index in [0.717, 1.165) is 12.8 Å². The van der Waals surface area contributed by atoms with Crippen molar-refractivity contribution in [3.63, 3.8) is 0 Å². The highest BCUT2D eigenvalue weighted by atomic mass is 127. The number of hydrogen-bond acceptors (Lipinski definition) is 1. The van der Waals surface area contributed by atoms with Crippen molar-refractivity contribution in [2.24, 2.45) is 0 Å². The molecule has 0 unspecified atom stereocenters. The molecule has 1 aromatic rings. The Bertz CT molecular complexity index is 226. The minimum absolute atomic E-state index is 0.856. The number of aromatic nitrogens is 1.